The van der Waals surface area contributed by atoms with E-state index in [2.05, 4.69) is 60.7 Å². The molecule has 0 radical (unpaired) electrons. The van der Waals surface area contributed by atoms with E-state index in [-0.39, 0.29) is 0 Å². The van der Waals surface area contributed by atoms with E-state index in [0.29, 0.717) is 23.4 Å². The summed E-state index contributed by atoms with van der Waals surface area (Å²) in [5, 5.41) is 4.48. The normalized spacial score (nSPS) is 11.4. The van der Waals surface area contributed by atoms with Crippen molar-refractivity contribution in [1.29, 1.82) is 0 Å². The van der Waals surface area contributed by atoms with Gasteiger partial charge in [0, 0.05) is 27.6 Å². The van der Waals surface area contributed by atoms with Crippen LogP contribution in [-0.4, -0.2) is 19.9 Å². The Morgan fingerprint density at radius 3 is 1.47 bits per heavy atom. The van der Waals surface area contributed by atoms with Crippen molar-refractivity contribution in [2.24, 2.45) is 0 Å². The number of fused-ring (bicyclic) bond motifs is 5. The van der Waals surface area contributed by atoms with Gasteiger partial charge in [-0.25, -0.2) is 19.9 Å². The number of hydrogen-bond acceptors (Lipinski definition) is 5. The highest BCUT2D eigenvalue weighted by atomic mass is 16.3. The molecule has 47 heavy (non-hydrogen) atoms. The van der Waals surface area contributed by atoms with Crippen molar-refractivity contribution in [2.75, 3.05) is 0 Å². The Bertz CT molecular complexity index is 2490. The number of aromatic nitrogens is 4. The summed E-state index contributed by atoms with van der Waals surface area (Å²) in [7, 11) is 0. The van der Waals surface area contributed by atoms with Gasteiger partial charge in [-0.3, -0.25) is 0 Å². The maximum absolute atomic E-state index is 6.39. The molecule has 0 saturated carbocycles. The molecule has 220 valence electrons. The number of nitrogens with zero attached hydrogens (tertiary/aromatic N) is 4. The smallest absolute Gasteiger partial charge is 0.227 e. The Labute approximate surface area is 270 Å². The number of rotatable bonds is 5. The molecule has 0 amide bonds. The summed E-state index contributed by atoms with van der Waals surface area (Å²) < 4.78 is 6.39. The predicted molar refractivity (Wildman–Crippen MR) is 190 cm³/mol. The average molecular weight is 603 g/mol. The van der Waals surface area contributed by atoms with E-state index in [1.54, 1.807) is 0 Å². The third-order valence-corrected chi connectivity index (χ3v) is 8.55. The van der Waals surface area contributed by atoms with Crippen molar-refractivity contribution < 1.29 is 4.42 Å². The van der Waals surface area contributed by atoms with Gasteiger partial charge >= 0.3 is 0 Å². The molecule has 0 aliphatic carbocycles. The van der Waals surface area contributed by atoms with Crippen LogP contribution in [0.3, 0.4) is 0 Å². The van der Waals surface area contributed by atoms with Gasteiger partial charge in [-0.15, -0.1) is 0 Å². The molecule has 0 unspecified atom stereocenters. The summed E-state index contributed by atoms with van der Waals surface area (Å²) in [5.74, 6) is 2.57. The lowest BCUT2D eigenvalue weighted by molar-refractivity contribution is 0.623. The molecule has 0 saturated heterocycles. The van der Waals surface area contributed by atoms with Crippen LogP contribution in [0, 0.1) is 0 Å². The highest BCUT2D eigenvalue weighted by Crippen LogP contribution is 2.36. The van der Waals surface area contributed by atoms with Gasteiger partial charge in [0.15, 0.2) is 23.1 Å². The minimum Gasteiger partial charge on any atom is -0.435 e. The molecular formula is C42H26N4O. The Morgan fingerprint density at radius 2 is 0.851 bits per heavy atom. The molecule has 0 fully saturated rings. The standard InChI is InChI=1S/C42H26N4O/c1-4-10-29(11-5-1)39-44-40(30-12-6-2-7-13-30)46-41(45-39)31-19-16-27(17-20-31)33-22-24-35-34(26-33)21-18-28-23-25-36-38(37(28)35)47-42(43-36)32-14-8-3-9-15-32/h1-26H. The van der Waals surface area contributed by atoms with Gasteiger partial charge in [-0.1, -0.05) is 133 Å². The molecule has 0 N–H and O–H groups in total. The first-order chi connectivity index (χ1) is 23.3. The van der Waals surface area contributed by atoms with Gasteiger partial charge in [-0.2, -0.15) is 0 Å². The van der Waals surface area contributed by atoms with Crippen molar-refractivity contribution >= 4 is 32.6 Å². The molecular weight excluding hydrogens is 576 g/mol. The zero-order valence-corrected chi connectivity index (χ0v) is 25.2. The largest absolute Gasteiger partial charge is 0.435 e. The van der Waals surface area contributed by atoms with Gasteiger partial charge in [0.25, 0.3) is 0 Å². The molecule has 0 aliphatic heterocycles. The van der Waals surface area contributed by atoms with E-state index in [0.717, 1.165) is 66.0 Å². The molecule has 0 spiro atoms. The van der Waals surface area contributed by atoms with Crippen molar-refractivity contribution in [3.8, 4) is 56.7 Å². The molecule has 0 atom stereocenters. The van der Waals surface area contributed by atoms with Crippen LogP contribution in [0.25, 0.3) is 89.4 Å². The minimum absolute atomic E-state index is 0.631. The van der Waals surface area contributed by atoms with Gasteiger partial charge in [0.2, 0.25) is 5.89 Å². The topological polar surface area (TPSA) is 64.7 Å². The lowest BCUT2D eigenvalue weighted by atomic mass is 9.96. The molecule has 9 rings (SSSR count). The molecule has 2 heterocycles. The Balaban J connectivity index is 1.10. The van der Waals surface area contributed by atoms with Crippen molar-refractivity contribution in [2.45, 2.75) is 0 Å². The van der Waals surface area contributed by atoms with Crippen LogP contribution >= 0.6 is 0 Å². The van der Waals surface area contributed by atoms with E-state index < -0.39 is 0 Å². The summed E-state index contributed by atoms with van der Waals surface area (Å²) in [5.41, 5.74) is 7.70. The SMILES string of the molecule is c1ccc(-c2nc(-c3ccccc3)nc(-c3ccc(-c4ccc5c(ccc6ccc7nc(-c8ccccc8)oc7c65)c4)cc3)n2)cc1. The third-order valence-electron chi connectivity index (χ3n) is 8.55. The van der Waals surface area contributed by atoms with Crippen molar-refractivity contribution in [1.82, 2.24) is 19.9 Å². The van der Waals surface area contributed by atoms with E-state index >= 15 is 0 Å². The predicted octanol–water partition coefficient (Wildman–Crippen LogP) is 10.7. The maximum atomic E-state index is 6.39. The Hall–Kier alpha value is -6.46. The number of hydrogen-bond donors (Lipinski definition) is 0. The molecule has 9 aromatic rings. The average Bonchev–Trinajstić information content (AvgIpc) is 3.60. The fourth-order valence-electron chi connectivity index (χ4n) is 6.16. The van der Waals surface area contributed by atoms with Crippen LogP contribution in [0.2, 0.25) is 0 Å². The van der Waals surface area contributed by atoms with Gasteiger partial charge in [0.05, 0.1) is 0 Å². The van der Waals surface area contributed by atoms with Crippen molar-refractivity contribution in [3.05, 3.63) is 158 Å². The van der Waals surface area contributed by atoms with Crippen LogP contribution in [0.15, 0.2) is 162 Å². The van der Waals surface area contributed by atoms with E-state index in [1.165, 1.54) is 0 Å². The Kier molecular flexibility index (Phi) is 6.39. The van der Waals surface area contributed by atoms with E-state index in [9.17, 15) is 0 Å². The first kappa shape index (κ1) is 26.9. The summed E-state index contributed by atoms with van der Waals surface area (Å²) >= 11 is 0. The summed E-state index contributed by atoms with van der Waals surface area (Å²) in [6, 6.07) is 53.6. The van der Waals surface area contributed by atoms with Crippen LogP contribution in [0.5, 0.6) is 0 Å². The maximum Gasteiger partial charge on any atom is 0.227 e. The molecule has 7 aromatic carbocycles. The lowest BCUT2D eigenvalue weighted by Gasteiger charge is -2.10. The second kappa shape index (κ2) is 11.2. The fourth-order valence-corrected chi connectivity index (χ4v) is 6.16. The highest BCUT2D eigenvalue weighted by molar-refractivity contribution is 6.18. The molecule has 5 heteroatoms. The summed E-state index contributed by atoms with van der Waals surface area (Å²) in [6.45, 7) is 0. The van der Waals surface area contributed by atoms with Gasteiger partial charge < -0.3 is 4.42 Å². The summed E-state index contributed by atoms with van der Waals surface area (Å²) in [4.78, 5) is 19.4. The Morgan fingerprint density at radius 1 is 0.362 bits per heavy atom. The van der Waals surface area contributed by atoms with Crippen LogP contribution in [0.1, 0.15) is 0 Å². The zero-order chi connectivity index (χ0) is 31.2. The molecule has 2 aromatic heterocycles. The first-order valence-corrected chi connectivity index (χ1v) is 15.6. The summed E-state index contributed by atoms with van der Waals surface area (Å²) in [6.07, 6.45) is 0. The molecule has 0 aliphatic rings. The van der Waals surface area contributed by atoms with Gasteiger partial charge in [-0.05, 0) is 51.6 Å². The number of oxazole rings is 1. The quantitative estimate of drug-likeness (QED) is 0.183. The molecule has 0 bridgehead atoms. The number of benzene rings is 7. The van der Waals surface area contributed by atoms with Crippen LogP contribution < -0.4 is 0 Å². The zero-order valence-electron chi connectivity index (χ0n) is 25.2. The fraction of sp³-hybridized carbons (Fsp3) is 0. The monoisotopic (exact) mass is 602 g/mol. The van der Waals surface area contributed by atoms with Crippen LogP contribution in [-0.2, 0) is 0 Å². The second-order valence-electron chi connectivity index (χ2n) is 11.5. The lowest BCUT2D eigenvalue weighted by Crippen LogP contribution is -2.00. The van der Waals surface area contributed by atoms with Gasteiger partial charge in [0.1, 0.15) is 5.52 Å². The highest BCUT2D eigenvalue weighted by Gasteiger charge is 2.15. The van der Waals surface area contributed by atoms with Crippen molar-refractivity contribution in [3.63, 3.8) is 0 Å². The van der Waals surface area contributed by atoms with E-state index in [1.807, 2.05) is 97.1 Å². The minimum atomic E-state index is 0.631. The molecule has 5 nitrogen and oxygen atoms in total. The first-order valence-electron chi connectivity index (χ1n) is 15.6. The third kappa shape index (κ3) is 4.91. The van der Waals surface area contributed by atoms with E-state index in [4.69, 9.17) is 24.4 Å². The second-order valence-corrected chi connectivity index (χ2v) is 11.5. The van der Waals surface area contributed by atoms with Crippen LogP contribution in [0.4, 0.5) is 0 Å².